The number of thioether (sulfide) groups is 1. The Morgan fingerprint density at radius 1 is 1.53 bits per heavy atom. The number of hydrogen-bond acceptors (Lipinski definition) is 6. The maximum Gasteiger partial charge on any atom is 0.313 e. The third-order valence-electron chi connectivity index (χ3n) is 2.17. The van der Waals surface area contributed by atoms with Crippen LogP contribution in [0.25, 0.3) is 10.2 Å². The fourth-order valence-electron chi connectivity index (χ4n) is 1.46. The van der Waals surface area contributed by atoms with Crippen LogP contribution in [0.4, 0.5) is 0 Å². The molecular formula is C10H9N3O4S2. The fourth-order valence-corrected chi connectivity index (χ4v) is 2.95. The van der Waals surface area contributed by atoms with Crippen molar-refractivity contribution in [1.82, 2.24) is 9.55 Å². The Labute approximate surface area is 115 Å². The molecule has 0 saturated carbocycles. The Morgan fingerprint density at radius 3 is 2.89 bits per heavy atom. The summed E-state index contributed by atoms with van der Waals surface area (Å²) >= 11 is 2.09. The van der Waals surface area contributed by atoms with Crippen LogP contribution in [0.2, 0.25) is 0 Å². The minimum atomic E-state index is -1.03. The number of nitrogens with zero attached hydrogens (tertiary/aromatic N) is 2. The number of amides is 1. The van der Waals surface area contributed by atoms with Gasteiger partial charge in [-0.3, -0.25) is 19.0 Å². The zero-order chi connectivity index (χ0) is 14.0. The van der Waals surface area contributed by atoms with Gasteiger partial charge in [0.25, 0.3) is 5.56 Å². The molecule has 0 aliphatic heterocycles. The lowest BCUT2D eigenvalue weighted by Crippen LogP contribution is -2.29. The van der Waals surface area contributed by atoms with Gasteiger partial charge < -0.3 is 10.8 Å². The van der Waals surface area contributed by atoms with E-state index in [9.17, 15) is 14.4 Å². The van der Waals surface area contributed by atoms with Crippen molar-refractivity contribution in [3.8, 4) is 0 Å². The van der Waals surface area contributed by atoms with Gasteiger partial charge in [-0.2, -0.15) is 0 Å². The van der Waals surface area contributed by atoms with Gasteiger partial charge in [0.15, 0.2) is 5.16 Å². The van der Waals surface area contributed by atoms with Gasteiger partial charge in [0, 0.05) is 0 Å². The van der Waals surface area contributed by atoms with E-state index in [-0.39, 0.29) is 23.0 Å². The van der Waals surface area contributed by atoms with Gasteiger partial charge in [-0.25, -0.2) is 4.98 Å². The lowest BCUT2D eigenvalue weighted by Gasteiger charge is -2.08. The van der Waals surface area contributed by atoms with Gasteiger partial charge in [0.1, 0.15) is 11.2 Å². The first-order chi connectivity index (χ1) is 8.99. The third kappa shape index (κ3) is 2.93. The van der Waals surface area contributed by atoms with E-state index in [0.29, 0.717) is 10.2 Å². The molecule has 0 atom stereocenters. The summed E-state index contributed by atoms with van der Waals surface area (Å²) in [5.41, 5.74) is 5.20. The number of hydrogen-bond donors (Lipinski definition) is 2. The van der Waals surface area contributed by atoms with Crippen molar-refractivity contribution < 1.29 is 14.7 Å². The fraction of sp³-hybridized carbons (Fsp3) is 0.200. The van der Waals surface area contributed by atoms with Gasteiger partial charge in [0.2, 0.25) is 5.91 Å². The van der Waals surface area contributed by atoms with Crippen LogP contribution in [0.5, 0.6) is 0 Å². The molecule has 2 aromatic rings. The van der Waals surface area contributed by atoms with E-state index >= 15 is 0 Å². The van der Waals surface area contributed by atoms with E-state index in [1.807, 2.05) is 0 Å². The van der Waals surface area contributed by atoms with E-state index < -0.39 is 11.9 Å². The van der Waals surface area contributed by atoms with E-state index in [0.717, 1.165) is 16.3 Å². The molecule has 1 amide bonds. The summed E-state index contributed by atoms with van der Waals surface area (Å²) in [7, 11) is 0. The van der Waals surface area contributed by atoms with Crippen molar-refractivity contribution in [2.75, 3.05) is 5.75 Å². The number of nitrogens with two attached hydrogens (primary N) is 1. The highest BCUT2D eigenvalue weighted by Crippen LogP contribution is 2.20. The second-order valence-electron chi connectivity index (χ2n) is 3.57. The monoisotopic (exact) mass is 299 g/mol. The molecule has 19 heavy (non-hydrogen) atoms. The molecule has 0 fully saturated rings. The molecule has 0 aromatic carbocycles. The Bertz CT molecular complexity index is 706. The summed E-state index contributed by atoms with van der Waals surface area (Å²) in [5, 5.41) is 10.6. The zero-order valence-electron chi connectivity index (χ0n) is 9.53. The van der Waals surface area contributed by atoms with E-state index in [1.54, 1.807) is 11.4 Å². The van der Waals surface area contributed by atoms with Crippen LogP contribution in [0, 0.1) is 0 Å². The van der Waals surface area contributed by atoms with Crippen molar-refractivity contribution in [2.24, 2.45) is 5.73 Å². The second-order valence-corrected chi connectivity index (χ2v) is 5.43. The molecule has 2 aromatic heterocycles. The molecule has 2 rings (SSSR count). The molecule has 3 N–H and O–H groups in total. The predicted octanol–water partition coefficient (Wildman–Crippen LogP) is 0.120. The van der Waals surface area contributed by atoms with Crippen LogP contribution >= 0.6 is 23.1 Å². The molecule has 100 valence electrons. The van der Waals surface area contributed by atoms with E-state index in [1.165, 1.54) is 11.3 Å². The van der Waals surface area contributed by atoms with E-state index in [4.69, 9.17) is 10.8 Å². The zero-order valence-corrected chi connectivity index (χ0v) is 11.2. The standard InChI is InChI=1S/C10H9N3O4S2/c11-6(14)3-13-9(17)8-5(1-2-18-8)12-10(13)19-4-7(15)16/h1-2H,3-4H2,(H2,11,14)(H,15,16). The first kappa shape index (κ1) is 13.6. The number of carboxylic acid groups (broad SMARTS) is 1. The number of carboxylic acids is 1. The number of aromatic nitrogens is 2. The number of primary amides is 1. The first-order valence-electron chi connectivity index (χ1n) is 5.10. The van der Waals surface area contributed by atoms with Crippen LogP contribution < -0.4 is 11.3 Å². The number of fused-ring (bicyclic) bond motifs is 1. The van der Waals surface area contributed by atoms with Gasteiger partial charge in [-0.15, -0.1) is 11.3 Å². The topological polar surface area (TPSA) is 115 Å². The van der Waals surface area contributed by atoms with Crippen molar-refractivity contribution in [3.63, 3.8) is 0 Å². The van der Waals surface area contributed by atoms with Crippen molar-refractivity contribution >= 4 is 45.2 Å². The molecule has 0 unspecified atom stereocenters. The average molecular weight is 299 g/mol. The van der Waals surface area contributed by atoms with E-state index in [2.05, 4.69) is 4.98 Å². The molecule has 0 radical (unpaired) electrons. The molecule has 2 heterocycles. The van der Waals surface area contributed by atoms with Gasteiger partial charge in [-0.1, -0.05) is 11.8 Å². The number of aliphatic carboxylic acids is 1. The highest BCUT2D eigenvalue weighted by Gasteiger charge is 2.15. The second kappa shape index (κ2) is 5.41. The summed E-state index contributed by atoms with van der Waals surface area (Å²) in [6.45, 7) is -0.318. The average Bonchev–Trinajstić information content (AvgIpc) is 2.78. The highest BCUT2D eigenvalue weighted by atomic mass is 32.2. The Kier molecular flexibility index (Phi) is 3.86. The van der Waals surface area contributed by atoms with Gasteiger partial charge >= 0.3 is 5.97 Å². The predicted molar refractivity (Wildman–Crippen MR) is 71.4 cm³/mol. The molecule has 0 aliphatic rings. The summed E-state index contributed by atoms with van der Waals surface area (Å²) < 4.78 is 1.52. The van der Waals surface area contributed by atoms with Crippen LogP contribution in [0.1, 0.15) is 0 Å². The van der Waals surface area contributed by atoms with Gasteiger partial charge in [-0.05, 0) is 11.4 Å². The van der Waals surface area contributed by atoms with Crippen molar-refractivity contribution in [2.45, 2.75) is 11.7 Å². The minimum absolute atomic E-state index is 0.178. The molecular weight excluding hydrogens is 290 g/mol. The highest BCUT2D eigenvalue weighted by molar-refractivity contribution is 7.99. The summed E-state index contributed by atoms with van der Waals surface area (Å²) in [6, 6.07) is 1.67. The van der Waals surface area contributed by atoms with Crippen LogP contribution in [0.3, 0.4) is 0 Å². The SMILES string of the molecule is NC(=O)Cn1c(SCC(=O)O)nc2ccsc2c1=O. The number of rotatable bonds is 5. The van der Waals surface area contributed by atoms with Crippen LogP contribution in [-0.2, 0) is 16.1 Å². The maximum absolute atomic E-state index is 12.2. The number of carbonyl (C=O) groups excluding carboxylic acids is 1. The molecule has 7 nitrogen and oxygen atoms in total. The third-order valence-corrected chi connectivity index (χ3v) is 4.02. The van der Waals surface area contributed by atoms with Gasteiger partial charge in [0.05, 0.1) is 11.3 Å². The Hall–Kier alpha value is -1.87. The van der Waals surface area contributed by atoms with Crippen molar-refractivity contribution in [1.29, 1.82) is 0 Å². The summed E-state index contributed by atoms with van der Waals surface area (Å²) in [4.78, 5) is 37.9. The molecule has 0 saturated heterocycles. The lowest BCUT2D eigenvalue weighted by atomic mass is 10.4. The lowest BCUT2D eigenvalue weighted by molar-refractivity contribution is -0.133. The largest absolute Gasteiger partial charge is 0.481 e. The molecule has 0 spiro atoms. The number of carbonyl (C=O) groups is 2. The maximum atomic E-state index is 12.2. The first-order valence-corrected chi connectivity index (χ1v) is 6.96. The van der Waals surface area contributed by atoms with Crippen LogP contribution in [0.15, 0.2) is 21.4 Å². The number of thiophene rings is 1. The Morgan fingerprint density at radius 2 is 2.26 bits per heavy atom. The van der Waals surface area contributed by atoms with Crippen molar-refractivity contribution in [3.05, 3.63) is 21.8 Å². The molecule has 0 aliphatic carbocycles. The summed E-state index contributed by atoms with van der Waals surface area (Å²) in [6.07, 6.45) is 0. The quantitative estimate of drug-likeness (QED) is 0.598. The Balaban J connectivity index is 2.54. The normalized spacial score (nSPS) is 10.7. The summed E-state index contributed by atoms with van der Waals surface area (Å²) in [5.74, 6) is -1.96. The molecule has 0 bridgehead atoms. The smallest absolute Gasteiger partial charge is 0.313 e. The minimum Gasteiger partial charge on any atom is -0.481 e. The van der Waals surface area contributed by atoms with Crippen LogP contribution in [-0.4, -0.2) is 32.3 Å². The molecule has 9 heteroatoms.